The smallest absolute Gasteiger partial charge is 0.261 e. The van der Waals surface area contributed by atoms with Crippen LogP contribution >= 0.6 is 0 Å². The summed E-state index contributed by atoms with van der Waals surface area (Å²) < 4.78 is 27.5. The van der Waals surface area contributed by atoms with Crippen molar-refractivity contribution in [1.29, 1.82) is 0 Å². The largest absolute Gasteiger partial charge is 0.346 e. The Morgan fingerprint density at radius 2 is 1.47 bits per heavy atom. The van der Waals surface area contributed by atoms with Crippen molar-refractivity contribution in [3.8, 4) is 0 Å². The normalized spacial score (nSPS) is 12.3. The van der Waals surface area contributed by atoms with Gasteiger partial charge in [-0.2, -0.15) is 0 Å². The molecule has 156 valence electrons. The van der Waals surface area contributed by atoms with Gasteiger partial charge >= 0.3 is 0 Å². The number of carbonyl (C=O) groups excluding carboxylic acids is 1. The molecule has 3 aromatic rings. The first-order valence-electron chi connectivity index (χ1n) is 9.73. The fourth-order valence-corrected chi connectivity index (χ4v) is 4.08. The molecule has 0 saturated carbocycles. The molecule has 30 heavy (non-hydrogen) atoms. The quantitative estimate of drug-likeness (QED) is 0.593. The summed E-state index contributed by atoms with van der Waals surface area (Å²) in [4.78, 5) is 12.8. The Balaban J connectivity index is 1.68. The summed E-state index contributed by atoms with van der Waals surface area (Å²) in [6.45, 7) is 7.93. The Morgan fingerprint density at radius 3 is 2.07 bits per heavy atom. The van der Waals surface area contributed by atoms with Crippen molar-refractivity contribution in [3.05, 3.63) is 94.5 Å². The SMILES string of the molecule is Cc1ccc(S(=O)(=O)Nc2ccc(C(=O)N[C@H](C)c3ccc(C)c(C)c3)cc2)cc1. The molecule has 3 aromatic carbocycles. The lowest BCUT2D eigenvalue weighted by Crippen LogP contribution is -2.26. The van der Waals surface area contributed by atoms with Crippen LogP contribution in [0.1, 0.15) is 45.6 Å². The number of hydrogen-bond donors (Lipinski definition) is 2. The third-order valence-corrected chi connectivity index (χ3v) is 6.51. The summed E-state index contributed by atoms with van der Waals surface area (Å²) in [5.74, 6) is -0.214. The molecule has 0 aromatic heterocycles. The van der Waals surface area contributed by atoms with Crippen LogP contribution in [0, 0.1) is 20.8 Å². The number of hydrogen-bond acceptors (Lipinski definition) is 3. The molecular formula is C24H26N2O3S. The monoisotopic (exact) mass is 422 g/mol. The van der Waals surface area contributed by atoms with Crippen molar-refractivity contribution in [2.24, 2.45) is 0 Å². The van der Waals surface area contributed by atoms with Gasteiger partial charge in [0.15, 0.2) is 0 Å². The molecule has 0 heterocycles. The van der Waals surface area contributed by atoms with Gasteiger partial charge in [-0.05, 0) is 80.8 Å². The Morgan fingerprint density at radius 1 is 0.833 bits per heavy atom. The fourth-order valence-electron chi connectivity index (χ4n) is 3.02. The summed E-state index contributed by atoms with van der Waals surface area (Å²) in [7, 11) is -3.68. The van der Waals surface area contributed by atoms with Crippen LogP contribution in [0.4, 0.5) is 5.69 Å². The number of rotatable bonds is 6. The molecule has 6 heteroatoms. The van der Waals surface area contributed by atoms with Gasteiger partial charge in [0.25, 0.3) is 15.9 Å². The Kier molecular flexibility index (Phi) is 6.27. The molecule has 1 amide bonds. The summed E-state index contributed by atoms with van der Waals surface area (Å²) in [6.07, 6.45) is 0. The van der Waals surface area contributed by atoms with Crippen LogP contribution in [0.2, 0.25) is 0 Å². The highest BCUT2D eigenvalue weighted by Gasteiger charge is 2.15. The number of nitrogens with one attached hydrogen (secondary N) is 2. The van der Waals surface area contributed by atoms with Crippen molar-refractivity contribution >= 4 is 21.6 Å². The van der Waals surface area contributed by atoms with Crippen molar-refractivity contribution in [3.63, 3.8) is 0 Å². The average molecular weight is 423 g/mol. The molecule has 5 nitrogen and oxygen atoms in total. The summed E-state index contributed by atoms with van der Waals surface area (Å²) >= 11 is 0. The summed E-state index contributed by atoms with van der Waals surface area (Å²) in [5.41, 5.74) is 5.27. The van der Waals surface area contributed by atoms with Crippen LogP contribution in [0.25, 0.3) is 0 Å². The maximum atomic E-state index is 12.6. The van der Waals surface area contributed by atoms with Gasteiger partial charge in [0.05, 0.1) is 10.9 Å². The van der Waals surface area contributed by atoms with E-state index in [2.05, 4.69) is 23.0 Å². The number of carbonyl (C=O) groups is 1. The van der Waals surface area contributed by atoms with Crippen molar-refractivity contribution in [1.82, 2.24) is 5.32 Å². The van der Waals surface area contributed by atoms with E-state index < -0.39 is 10.0 Å². The minimum Gasteiger partial charge on any atom is -0.346 e. The summed E-state index contributed by atoms with van der Waals surface area (Å²) in [6, 6.07) is 19.0. The van der Waals surface area contributed by atoms with Gasteiger partial charge in [-0.3, -0.25) is 9.52 Å². The number of sulfonamides is 1. The number of anilines is 1. The topological polar surface area (TPSA) is 75.3 Å². The lowest BCUT2D eigenvalue weighted by atomic mass is 10.0. The molecule has 0 radical (unpaired) electrons. The zero-order valence-corrected chi connectivity index (χ0v) is 18.4. The number of benzene rings is 3. The Labute approximate surface area is 178 Å². The van der Waals surface area contributed by atoms with E-state index >= 15 is 0 Å². The Bertz CT molecular complexity index is 1150. The second-order valence-electron chi connectivity index (χ2n) is 7.53. The standard InChI is InChI=1S/C24H26N2O3S/c1-16-5-13-23(14-6-16)30(28,29)26-22-11-9-20(10-12-22)24(27)25-19(4)21-8-7-17(2)18(3)15-21/h5-15,19,26H,1-4H3,(H,25,27)/t19-/m1/s1. The van der Waals surface area contributed by atoms with Crippen LogP contribution < -0.4 is 10.0 Å². The van der Waals surface area contributed by atoms with Gasteiger partial charge < -0.3 is 5.32 Å². The van der Waals surface area contributed by atoms with Gasteiger partial charge in [0, 0.05) is 11.3 Å². The van der Waals surface area contributed by atoms with E-state index in [-0.39, 0.29) is 16.8 Å². The van der Waals surface area contributed by atoms with E-state index in [1.165, 1.54) is 11.1 Å². The predicted molar refractivity (Wildman–Crippen MR) is 120 cm³/mol. The second kappa shape index (κ2) is 8.71. The zero-order chi connectivity index (χ0) is 21.9. The minimum atomic E-state index is -3.68. The molecule has 3 rings (SSSR count). The van der Waals surface area contributed by atoms with Gasteiger partial charge in [-0.1, -0.05) is 35.9 Å². The molecule has 0 aliphatic carbocycles. The molecule has 0 spiro atoms. The van der Waals surface area contributed by atoms with E-state index in [9.17, 15) is 13.2 Å². The molecule has 0 saturated heterocycles. The molecule has 0 bridgehead atoms. The van der Waals surface area contributed by atoms with Crippen molar-refractivity contribution < 1.29 is 13.2 Å². The number of aryl methyl sites for hydroxylation is 3. The van der Waals surface area contributed by atoms with Gasteiger partial charge in [0.2, 0.25) is 0 Å². The van der Waals surface area contributed by atoms with Gasteiger partial charge in [-0.25, -0.2) is 8.42 Å². The predicted octanol–water partition coefficient (Wildman–Crippen LogP) is 4.90. The lowest BCUT2D eigenvalue weighted by molar-refractivity contribution is 0.0940. The van der Waals surface area contributed by atoms with E-state index in [0.29, 0.717) is 11.3 Å². The fraction of sp³-hybridized carbons (Fsp3) is 0.208. The van der Waals surface area contributed by atoms with Crippen LogP contribution in [-0.2, 0) is 10.0 Å². The van der Waals surface area contributed by atoms with E-state index in [0.717, 1.165) is 11.1 Å². The molecule has 0 aliphatic heterocycles. The lowest BCUT2D eigenvalue weighted by Gasteiger charge is -2.16. The molecule has 1 atom stereocenters. The highest BCUT2D eigenvalue weighted by atomic mass is 32.2. The van der Waals surface area contributed by atoms with Crippen LogP contribution in [-0.4, -0.2) is 14.3 Å². The highest BCUT2D eigenvalue weighted by molar-refractivity contribution is 7.92. The molecular weight excluding hydrogens is 396 g/mol. The average Bonchev–Trinajstić information content (AvgIpc) is 2.70. The third kappa shape index (κ3) is 5.07. The van der Waals surface area contributed by atoms with E-state index in [1.807, 2.05) is 32.9 Å². The first-order valence-corrected chi connectivity index (χ1v) is 11.2. The Hall–Kier alpha value is -3.12. The van der Waals surface area contributed by atoms with Gasteiger partial charge in [-0.15, -0.1) is 0 Å². The van der Waals surface area contributed by atoms with Crippen molar-refractivity contribution in [2.45, 2.75) is 38.6 Å². The van der Waals surface area contributed by atoms with Crippen LogP contribution in [0.5, 0.6) is 0 Å². The number of amides is 1. The molecule has 0 fully saturated rings. The van der Waals surface area contributed by atoms with E-state index in [4.69, 9.17) is 0 Å². The second-order valence-corrected chi connectivity index (χ2v) is 9.22. The third-order valence-electron chi connectivity index (χ3n) is 5.11. The molecule has 2 N–H and O–H groups in total. The minimum absolute atomic E-state index is 0.142. The molecule has 0 unspecified atom stereocenters. The zero-order valence-electron chi connectivity index (χ0n) is 17.6. The maximum absolute atomic E-state index is 12.6. The summed E-state index contributed by atoms with van der Waals surface area (Å²) in [5, 5.41) is 2.98. The van der Waals surface area contributed by atoms with E-state index in [1.54, 1.807) is 48.5 Å². The molecule has 0 aliphatic rings. The van der Waals surface area contributed by atoms with Gasteiger partial charge in [0.1, 0.15) is 0 Å². The maximum Gasteiger partial charge on any atom is 0.261 e. The van der Waals surface area contributed by atoms with Crippen LogP contribution in [0.3, 0.4) is 0 Å². The van der Waals surface area contributed by atoms with Crippen LogP contribution in [0.15, 0.2) is 71.6 Å². The highest BCUT2D eigenvalue weighted by Crippen LogP contribution is 2.19. The first-order chi connectivity index (χ1) is 14.2. The first kappa shape index (κ1) is 21.6. The van der Waals surface area contributed by atoms with Crippen molar-refractivity contribution in [2.75, 3.05) is 4.72 Å².